The van der Waals surface area contributed by atoms with Gasteiger partial charge in [-0.25, -0.2) is 0 Å². The molecule has 3 aromatic rings. The van der Waals surface area contributed by atoms with Crippen LogP contribution in [0.25, 0.3) is 10.9 Å². The highest BCUT2D eigenvalue weighted by molar-refractivity contribution is 7.16. The molecular formula is C23H27N3OS. The van der Waals surface area contributed by atoms with E-state index in [0.717, 1.165) is 52.0 Å². The smallest absolute Gasteiger partial charge is 0.256 e. The number of anilines is 1. The number of benzene rings is 1. The van der Waals surface area contributed by atoms with E-state index < -0.39 is 0 Å². The molecule has 4 nitrogen and oxygen atoms in total. The number of para-hydroxylation sites is 1. The highest BCUT2D eigenvalue weighted by atomic mass is 32.1. The minimum atomic E-state index is -0.199. The average Bonchev–Trinajstić information content (AvgIpc) is 3.16. The van der Waals surface area contributed by atoms with Crippen molar-refractivity contribution in [2.75, 3.05) is 5.32 Å². The first-order valence-electron chi connectivity index (χ1n) is 10.1. The second-order valence-electron chi connectivity index (χ2n) is 9.27. The number of rotatable bonds is 1. The third kappa shape index (κ3) is 2.67. The van der Waals surface area contributed by atoms with E-state index in [1.54, 1.807) is 11.3 Å². The Bertz CT molecular complexity index is 1090. The largest absolute Gasteiger partial charge is 0.358 e. The first-order valence-corrected chi connectivity index (χ1v) is 10.9. The van der Waals surface area contributed by atoms with E-state index in [4.69, 9.17) is 0 Å². The Labute approximate surface area is 169 Å². The van der Waals surface area contributed by atoms with E-state index in [1.165, 1.54) is 10.4 Å². The SMILES string of the molecule is Cc1[nH]c2ccccc2c1C1NC(=O)c2c(sc3c2CCC(C(C)(C)C)C3)N1. The predicted octanol–water partition coefficient (Wildman–Crippen LogP) is 5.54. The normalized spacial score (nSPS) is 21.8. The van der Waals surface area contributed by atoms with Crippen LogP contribution in [-0.4, -0.2) is 10.9 Å². The third-order valence-corrected chi connectivity index (χ3v) is 7.69. The van der Waals surface area contributed by atoms with Crippen molar-refractivity contribution < 1.29 is 4.79 Å². The maximum absolute atomic E-state index is 13.1. The van der Waals surface area contributed by atoms with E-state index in [-0.39, 0.29) is 12.1 Å². The van der Waals surface area contributed by atoms with Crippen LogP contribution in [0.5, 0.6) is 0 Å². The van der Waals surface area contributed by atoms with Crippen molar-refractivity contribution in [2.45, 2.75) is 53.1 Å². The molecule has 1 aromatic carbocycles. The summed E-state index contributed by atoms with van der Waals surface area (Å²) in [6, 6.07) is 8.28. The van der Waals surface area contributed by atoms with Gasteiger partial charge in [0.1, 0.15) is 11.2 Å². The molecule has 3 N–H and O–H groups in total. The average molecular weight is 394 g/mol. The number of carbonyl (C=O) groups is 1. The summed E-state index contributed by atoms with van der Waals surface area (Å²) in [5, 5.41) is 9.06. The summed E-state index contributed by atoms with van der Waals surface area (Å²) in [6.45, 7) is 9.07. The minimum Gasteiger partial charge on any atom is -0.358 e. The quantitative estimate of drug-likeness (QED) is 0.508. The van der Waals surface area contributed by atoms with Crippen molar-refractivity contribution in [1.29, 1.82) is 0 Å². The van der Waals surface area contributed by atoms with Crippen molar-refractivity contribution in [3.05, 3.63) is 51.5 Å². The van der Waals surface area contributed by atoms with Gasteiger partial charge < -0.3 is 15.6 Å². The zero-order valence-corrected chi connectivity index (χ0v) is 17.7. The molecule has 0 bridgehead atoms. The molecule has 146 valence electrons. The van der Waals surface area contributed by atoms with Crippen molar-refractivity contribution in [2.24, 2.45) is 11.3 Å². The van der Waals surface area contributed by atoms with Crippen LogP contribution in [0.2, 0.25) is 0 Å². The van der Waals surface area contributed by atoms with Crippen molar-refractivity contribution in [3.8, 4) is 0 Å². The Morgan fingerprint density at radius 3 is 2.71 bits per heavy atom. The molecule has 0 saturated heterocycles. The van der Waals surface area contributed by atoms with Gasteiger partial charge in [-0.05, 0) is 49.1 Å². The minimum absolute atomic E-state index is 0.0649. The molecule has 2 unspecified atom stereocenters. The summed E-state index contributed by atoms with van der Waals surface area (Å²) in [4.78, 5) is 17.9. The lowest BCUT2D eigenvalue weighted by atomic mass is 9.72. The van der Waals surface area contributed by atoms with Crippen molar-refractivity contribution in [3.63, 3.8) is 0 Å². The van der Waals surface area contributed by atoms with Gasteiger partial charge in [0, 0.05) is 27.0 Å². The number of fused-ring (bicyclic) bond motifs is 4. The van der Waals surface area contributed by atoms with Crippen LogP contribution < -0.4 is 10.6 Å². The van der Waals surface area contributed by atoms with Crippen molar-refractivity contribution >= 4 is 33.1 Å². The fourth-order valence-electron chi connectivity index (χ4n) is 4.85. The first kappa shape index (κ1) is 17.8. The highest BCUT2D eigenvalue weighted by Crippen LogP contribution is 2.46. The number of hydrogen-bond donors (Lipinski definition) is 3. The topological polar surface area (TPSA) is 56.9 Å². The Balaban J connectivity index is 1.53. The van der Waals surface area contributed by atoms with Crippen LogP contribution in [0.4, 0.5) is 5.00 Å². The van der Waals surface area contributed by atoms with E-state index in [9.17, 15) is 4.79 Å². The lowest BCUT2D eigenvalue weighted by Crippen LogP contribution is -2.38. The molecule has 28 heavy (non-hydrogen) atoms. The van der Waals surface area contributed by atoms with Gasteiger partial charge in [-0.15, -0.1) is 11.3 Å². The molecule has 0 spiro atoms. The molecule has 1 aliphatic carbocycles. The molecule has 0 fully saturated rings. The van der Waals surface area contributed by atoms with Gasteiger partial charge in [0.05, 0.1) is 5.56 Å². The van der Waals surface area contributed by atoms with Crippen LogP contribution in [0.1, 0.15) is 65.4 Å². The van der Waals surface area contributed by atoms with Crippen LogP contribution in [0.3, 0.4) is 0 Å². The van der Waals surface area contributed by atoms with Gasteiger partial charge in [0.25, 0.3) is 5.91 Å². The maximum Gasteiger partial charge on any atom is 0.256 e. The Morgan fingerprint density at radius 1 is 1.14 bits per heavy atom. The number of thiophene rings is 1. The van der Waals surface area contributed by atoms with Crippen LogP contribution in [-0.2, 0) is 12.8 Å². The van der Waals surface area contributed by atoms with Gasteiger partial charge in [-0.1, -0.05) is 39.0 Å². The van der Waals surface area contributed by atoms with E-state index in [2.05, 4.69) is 55.4 Å². The monoisotopic (exact) mass is 393 g/mol. The maximum atomic E-state index is 13.1. The fraction of sp³-hybridized carbons (Fsp3) is 0.435. The van der Waals surface area contributed by atoms with Gasteiger partial charge in [-0.3, -0.25) is 4.79 Å². The van der Waals surface area contributed by atoms with Gasteiger partial charge in [0.2, 0.25) is 0 Å². The van der Waals surface area contributed by atoms with Gasteiger partial charge in [0.15, 0.2) is 0 Å². The molecule has 0 saturated carbocycles. The zero-order valence-electron chi connectivity index (χ0n) is 16.9. The number of carbonyl (C=O) groups excluding carboxylic acids is 1. The molecule has 2 aliphatic rings. The number of H-pyrrole nitrogens is 1. The molecule has 2 aromatic heterocycles. The zero-order chi connectivity index (χ0) is 19.6. The third-order valence-electron chi connectivity index (χ3n) is 6.50. The Kier molecular flexibility index (Phi) is 3.89. The van der Waals surface area contributed by atoms with E-state index in [1.807, 2.05) is 12.1 Å². The molecule has 0 radical (unpaired) electrons. The second-order valence-corrected chi connectivity index (χ2v) is 10.4. The predicted molar refractivity (Wildman–Crippen MR) is 116 cm³/mol. The van der Waals surface area contributed by atoms with E-state index in [0.29, 0.717) is 11.3 Å². The number of nitrogens with one attached hydrogen (secondary N) is 3. The number of aromatic amines is 1. The number of aromatic nitrogens is 1. The summed E-state index contributed by atoms with van der Waals surface area (Å²) >= 11 is 1.79. The van der Waals surface area contributed by atoms with Gasteiger partial charge in [-0.2, -0.15) is 0 Å². The molecule has 2 atom stereocenters. The summed E-state index contributed by atoms with van der Waals surface area (Å²) in [7, 11) is 0. The summed E-state index contributed by atoms with van der Waals surface area (Å²) in [5.74, 6) is 0.741. The molecule has 5 rings (SSSR count). The summed E-state index contributed by atoms with van der Waals surface area (Å²) in [5.41, 5.74) is 5.81. The number of hydrogen-bond acceptors (Lipinski definition) is 3. The molecule has 1 aliphatic heterocycles. The van der Waals surface area contributed by atoms with Crippen LogP contribution in [0.15, 0.2) is 24.3 Å². The standard InChI is InChI=1S/C23H27N3OS/c1-12-18(14-7-5-6-8-16(14)24-12)20-25-21(27)19-15-10-9-13(23(2,3)4)11-17(15)28-22(19)26-20/h5-8,13,20,24,26H,9-11H2,1-4H3,(H,25,27). The summed E-state index contributed by atoms with van der Waals surface area (Å²) in [6.07, 6.45) is 3.06. The summed E-state index contributed by atoms with van der Waals surface area (Å²) < 4.78 is 0. The Hall–Kier alpha value is -2.27. The molecular weight excluding hydrogens is 366 g/mol. The molecule has 5 heteroatoms. The number of amides is 1. The lowest BCUT2D eigenvalue weighted by molar-refractivity contribution is 0.0935. The number of aryl methyl sites for hydroxylation is 1. The fourth-order valence-corrected chi connectivity index (χ4v) is 6.21. The molecule has 3 heterocycles. The van der Waals surface area contributed by atoms with E-state index >= 15 is 0 Å². The second kappa shape index (κ2) is 6.11. The first-order chi connectivity index (χ1) is 13.3. The van der Waals surface area contributed by atoms with Crippen molar-refractivity contribution in [1.82, 2.24) is 10.3 Å². The lowest BCUT2D eigenvalue weighted by Gasteiger charge is -2.34. The van der Waals surface area contributed by atoms with Crippen LogP contribution in [0, 0.1) is 18.3 Å². The Morgan fingerprint density at radius 2 is 1.93 bits per heavy atom. The van der Waals surface area contributed by atoms with Crippen LogP contribution >= 0.6 is 11.3 Å². The highest BCUT2D eigenvalue weighted by Gasteiger charge is 2.37. The van der Waals surface area contributed by atoms with Gasteiger partial charge >= 0.3 is 0 Å². The molecule has 1 amide bonds.